The minimum atomic E-state index is -0.272. The molecule has 3 rings (SSSR count). The van der Waals surface area contributed by atoms with Crippen molar-refractivity contribution in [2.45, 2.75) is 25.5 Å². The van der Waals surface area contributed by atoms with Gasteiger partial charge in [-0.25, -0.2) is 4.39 Å². The molecule has 0 saturated heterocycles. The molecule has 2 N–H and O–H groups in total. The number of hydrogen-bond acceptors (Lipinski definition) is 3. The number of rotatable bonds is 1. The van der Waals surface area contributed by atoms with Gasteiger partial charge in [-0.1, -0.05) is 0 Å². The number of nitrogens with two attached hydrogens (primary N) is 1. The molecule has 5 heteroatoms. The molecule has 0 radical (unpaired) electrons. The van der Waals surface area contributed by atoms with Gasteiger partial charge in [0, 0.05) is 32.3 Å². The first-order valence-electron chi connectivity index (χ1n) is 6.02. The summed E-state index contributed by atoms with van der Waals surface area (Å²) >= 11 is 5.21. The van der Waals surface area contributed by atoms with Crippen LogP contribution >= 0.6 is 27.3 Å². The Balaban J connectivity index is 1.94. The number of hydrogen-bond donors (Lipinski definition) is 1. The van der Waals surface area contributed by atoms with Gasteiger partial charge in [0.2, 0.25) is 0 Å². The van der Waals surface area contributed by atoms with Gasteiger partial charge in [-0.3, -0.25) is 0 Å². The number of halogens is 2. The van der Waals surface area contributed by atoms with E-state index in [0.717, 1.165) is 14.9 Å². The quantitative estimate of drug-likeness (QED) is 0.829. The van der Waals surface area contributed by atoms with Gasteiger partial charge in [0.15, 0.2) is 0 Å². The minimum absolute atomic E-state index is 0.0528. The molecule has 2 atom stereocenters. The molecule has 1 aliphatic heterocycles. The van der Waals surface area contributed by atoms with Crippen LogP contribution in [-0.4, -0.2) is 0 Å². The van der Waals surface area contributed by atoms with Gasteiger partial charge >= 0.3 is 0 Å². The van der Waals surface area contributed by atoms with Crippen molar-refractivity contribution < 1.29 is 9.13 Å². The van der Waals surface area contributed by atoms with E-state index in [1.807, 2.05) is 0 Å². The maximum absolute atomic E-state index is 13.2. The van der Waals surface area contributed by atoms with Gasteiger partial charge in [0.05, 0.1) is 0 Å². The van der Waals surface area contributed by atoms with Crippen molar-refractivity contribution in [1.82, 2.24) is 0 Å². The van der Waals surface area contributed by atoms with Crippen LogP contribution in [0.25, 0.3) is 0 Å². The summed E-state index contributed by atoms with van der Waals surface area (Å²) in [6, 6.07) is 6.42. The molecule has 2 heterocycles. The smallest absolute Gasteiger partial charge is 0.135 e. The molecule has 1 aliphatic rings. The van der Waals surface area contributed by atoms with Crippen LogP contribution in [0.1, 0.15) is 33.9 Å². The monoisotopic (exact) mass is 341 g/mol. The van der Waals surface area contributed by atoms with Crippen molar-refractivity contribution in [1.29, 1.82) is 0 Å². The summed E-state index contributed by atoms with van der Waals surface area (Å²) in [5.74, 6) is 0.415. The second-order valence-electron chi connectivity index (χ2n) is 4.68. The van der Waals surface area contributed by atoms with Crippen molar-refractivity contribution in [3.05, 3.63) is 49.9 Å². The third-order valence-corrected chi connectivity index (χ3v) is 5.53. The van der Waals surface area contributed by atoms with Gasteiger partial charge in [-0.2, -0.15) is 0 Å². The van der Waals surface area contributed by atoms with Gasteiger partial charge < -0.3 is 10.5 Å². The normalized spacial score (nSPS) is 21.9. The first-order valence-corrected chi connectivity index (χ1v) is 7.63. The van der Waals surface area contributed by atoms with E-state index < -0.39 is 0 Å². The van der Waals surface area contributed by atoms with Crippen LogP contribution in [0.15, 0.2) is 28.7 Å². The van der Waals surface area contributed by atoms with E-state index in [9.17, 15) is 4.39 Å². The summed E-state index contributed by atoms with van der Waals surface area (Å²) in [6.07, 6.45) is 0.617. The van der Waals surface area contributed by atoms with E-state index in [-0.39, 0.29) is 18.0 Å². The fourth-order valence-electron chi connectivity index (χ4n) is 2.29. The van der Waals surface area contributed by atoms with Crippen LogP contribution < -0.4 is 10.5 Å². The number of benzene rings is 1. The van der Waals surface area contributed by atoms with E-state index >= 15 is 0 Å². The molecule has 1 aromatic heterocycles. The van der Waals surface area contributed by atoms with Crippen LogP contribution in [0, 0.1) is 12.7 Å². The molecule has 0 spiro atoms. The summed E-state index contributed by atoms with van der Waals surface area (Å²) in [7, 11) is 0. The summed E-state index contributed by atoms with van der Waals surface area (Å²) in [5, 5.41) is 0. The topological polar surface area (TPSA) is 35.2 Å². The van der Waals surface area contributed by atoms with Crippen molar-refractivity contribution in [3.63, 3.8) is 0 Å². The molecule has 0 fully saturated rings. The fraction of sp³-hybridized carbons (Fsp3) is 0.286. The van der Waals surface area contributed by atoms with Gasteiger partial charge in [-0.05, 0) is 47.1 Å². The SMILES string of the molecule is Cc1sc(C2CC(N)c3cc(F)ccc3O2)cc1Br. The van der Waals surface area contributed by atoms with Crippen molar-refractivity contribution >= 4 is 27.3 Å². The zero-order valence-corrected chi connectivity index (χ0v) is 12.7. The minimum Gasteiger partial charge on any atom is -0.484 e. The second-order valence-corrected chi connectivity index (χ2v) is 6.83. The van der Waals surface area contributed by atoms with Gasteiger partial charge in [0.1, 0.15) is 17.7 Å². The maximum Gasteiger partial charge on any atom is 0.135 e. The van der Waals surface area contributed by atoms with Crippen molar-refractivity contribution in [2.75, 3.05) is 0 Å². The predicted octanol–water partition coefficient (Wildman–Crippen LogP) is 4.48. The Morgan fingerprint density at radius 1 is 1.42 bits per heavy atom. The highest BCUT2D eigenvalue weighted by atomic mass is 79.9. The Morgan fingerprint density at radius 3 is 2.89 bits per heavy atom. The van der Waals surface area contributed by atoms with Crippen LogP contribution in [0.2, 0.25) is 0 Å². The summed E-state index contributed by atoms with van der Waals surface area (Å²) in [4.78, 5) is 2.37. The average molecular weight is 342 g/mol. The Bertz CT molecular complexity index is 608. The summed E-state index contributed by atoms with van der Waals surface area (Å²) < 4.78 is 20.3. The Hall–Kier alpha value is -0.910. The number of ether oxygens (including phenoxy) is 1. The molecule has 19 heavy (non-hydrogen) atoms. The molecular weight excluding hydrogens is 329 g/mol. The van der Waals surface area contributed by atoms with Crippen LogP contribution in [-0.2, 0) is 0 Å². The number of thiophene rings is 1. The summed E-state index contributed by atoms with van der Waals surface area (Å²) in [6.45, 7) is 2.06. The van der Waals surface area contributed by atoms with Crippen LogP contribution in [0.4, 0.5) is 4.39 Å². The predicted molar refractivity (Wildman–Crippen MR) is 78.1 cm³/mol. The lowest BCUT2D eigenvalue weighted by Gasteiger charge is -2.29. The maximum atomic E-state index is 13.2. The van der Waals surface area contributed by atoms with E-state index in [1.165, 1.54) is 17.0 Å². The molecule has 0 bridgehead atoms. The average Bonchev–Trinajstić information content (AvgIpc) is 2.70. The lowest BCUT2D eigenvalue weighted by Crippen LogP contribution is -2.23. The van der Waals surface area contributed by atoms with Crippen molar-refractivity contribution in [3.8, 4) is 5.75 Å². The first-order chi connectivity index (χ1) is 9.04. The molecule has 2 unspecified atom stereocenters. The first kappa shape index (κ1) is 13.1. The Labute approximate surface area is 123 Å². The van der Waals surface area contributed by atoms with Gasteiger partial charge in [-0.15, -0.1) is 11.3 Å². The second kappa shape index (κ2) is 4.89. The Morgan fingerprint density at radius 2 is 2.21 bits per heavy atom. The molecule has 2 nitrogen and oxygen atoms in total. The molecule has 1 aromatic carbocycles. The van der Waals surface area contributed by atoms with E-state index in [0.29, 0.717) is 12.2 Å². The van der Waals surface area contributed by atoms with E-state index in [4.69, 9.17) is 10.5 Å². The largest absolute Gasteiger partial charge is 0.484 e. The highest BCUT2D eigenvalue weighted by Crippen LogP contribution is 2.42. The third-order valence-electron chi connectivity index (χ3n) is 3.30. The molecule has 2 aromatic rings. The highest BCUT2D eigenvalue weighted by Gasteiger charge is 2.28. The van der Waals surface area contributed by atoms with Crippen LogP contribution in [0.5, 0.6) is 5.75 Å². The number of aryl methyl sites for hydroxylation is 1. The standard InChI is InChI=1S/C14H13BrFNOS/c1-7-10(15)5-14(19-7)13-6-11(17)9-4-8(16)2-3-12(9)18-13/h2-5,11,13H,6,17H2,1H3. The molecule has 100 valence electrons. The zero-order valence-electron chi connectivity index (χ0n) is 10.3. The number of fused-ring (bicyclic) bond motifs is 1. The lowest BCUT2D eigenvalue weighted by atomic mass is 9.96. The van der Waals surface area contributed by atoms with Gasteiger partial charge in [0.25, 0.3) is 0 Å². The molecular formula is C14H13BrFNOS. The zero-order chi connectivity index (χ0) is 13.6. The van der Waals surface area contributed by atoms with Crippen LogP contribution in [0.3, 0.4) is 0 Å². The van der Waals surface area contributed by atoms with E-state index in [2.05, 4.69) is 28.9 Å². The molecule has 0 aliphatic carbocycles. The lowest BCUT2D eigenvalue weighted by molar-refractivity contribution is 0.164. The highest BCUT2D eigenvalue weighted by molar-refractivity contribution is 9.10. The molecule has 0 saturated carbocycles. The summed E-state index contributed by atoms with van der Waals surface area (Å²) in [5.41, 5.74) is 6.89. The van der Waals surface area contributed by atoms with E-state index in [1.54, 1.807) is 17.4 Å². The fourth-order valence-corrected chi connectivity index (χ4v) is 3.89. The molecule has 0 amide bonds. The van der Waals surface area contributed by atoms with Crippen molar-refractivity contribution in [2.24, 2.45) is 5.73 Å². The Kier molecular flexibility index (Phi) is 3.37. The third kappa shape index (κ3) is 2.42.